The largest absolute Gasteiger partial charge is 0.380 e. The second kappa shape index (κ2) is 5.25. The second-order valence-corrected chi connectivity index (χ2v) is 5.40. The Morgan fingerprint density at radius 2 is 2.14 bits per heavy atom. The van der Waals surface area contributed by atoms with Crippen molar-refractivity contribution in [2.45, 2.75) is 31.3 Å². The average Bonchev–Trinajstić information content (AvgIpc) is 3.09. The number of anilines is 1. The number of aryl methyl sites for hydroxylation is 1. The van der Waals surface area contributed by atoms with Crippen molar-refractivity contribution < 1.29 is 9.90 Å². The molecule has 7 nitrogen and oxygen atoms in total. The fraction of sp³-hybridized carbons (Fsp3) is 0.429. The predicted molar refractivity (Wildman–Crippen MR) is 76.3 cm³/mol. The van der Waals surface area contributed by atoms with Gasteiger partial charge < -0.3 is 10.4 Å². The first kappa shape index (κ1) is 13.7. The van der Waals surface area contributed by atoms with Crippen molar-refractivity contribution in [3.63, 3.8) is 0 Å². The number of aliphatic hydroxyl groups is 1. The molecule has 0 unspecified atom stereocenters. The molecule has 7 heteroatoms. The third kappa shape index (κ3) is 2.64. The van der Waals surface area contributed by atoms with Gasteiger partial charge in [-0.3, -0.25) is 4.79 Å². The van der Waals surface area contributed by atoms with E-state index >= 15 is 0 Å². The molecule has 0 spiro atoms. The van der Waals surface area contributed by atoms with Crippen LogP contribution in [-0.4, -0.2) is 36.8 Å². The van der Waals surface area contributed by atoms with Gasteiger partial charge in [0.05, 0.1) is 0 Å². The van der Waals surface area contributed by atoms with E-state index < -0.39 is 5.60 Å². The van der Waals surface area contributed by atoms with Crippen molar-refractivity contribution in [3.8, 4) is 11.4 Å². The maximum absolute atomic E-state index is 12.2. The molecule has 0 bridgehead atoms. The van der Waals surface area contributed by atoms with Gasteiger partial charge in [0.25, 0.3) is 5.91 Å². The molecule has 0 atom stereocenters. The van der Waals surface area contributed by atoms with E-state index in [1.54, 1.807) is 23.9 Å². The molecule has 21 heavy (non-hydrogen) atoms. The van der Waals surface area contributed by atoms with Crippen LogP contribution in [-0.2, 0) is 11.8 Å². The Morgan fingerprint density at radius 1 is 1.38 bits per heavy atom. The van der Waals surface area contributed by atoms with Crippen LogP contribution in [0.4, 0.5) is 5.69 Å². The third-order valence-electron chi connectivity index (χ3n) is 3.85. The molecule has 1 aliphatic rings. The fourth-order valence-corrected chi connectivity index (χ4v) is 2.64. The van der Waals surface area contributed by atoms with Crippen LogP contribution >= 0.6 is 0 Å². The maximum atomic E-state index is 12.2. The van der Waals surface area contributed by atoms with Gasteiger partial charge in [0.2, 0.25) is 0 Å². The monoisotopic (exact) mass is 287 g/mol. The van der Waals surface area contributed by atoms with E-state index in [4.69, 9.17) is 0 Å². The van der Waals surface area contributed by atoms with Crippen LogP contribution in [0.15, 0.2) is 24.3 Å². The number of nitrogens with one attached hydrogen (secondary N) is 1. The number of tetrazole rings is 1. The molecule has 1 amide bonds. The summed E-state index contributed by atoms with van der Waals surface area (Å²) in [5, 5.41) is 24.4. The van der Waals surface area contributed by atoms with Gasteiger partial charge in [-0.2, -0.15) is 0 Å². The zero-order valence-electron chi connectivity index (χ0n) is 11.8. The highest BCUT2D eigenvalue weighted by Gasteiger charge is 2.38. The lowest BCUT2D eigenvalue weighted by Gasteiger charge is -2.21. The summed E-state index contributed by atoms with van der Waals surface area (Å²) < 4.78 is 1.56. The smallest absolute Gasteiger partial charge is 0.256 e. The standard InChI is InChI=1S/C14H17N5O2/c1-19-12(16-17-18-19)10-5-4-6-11(9-10)15-13(20)14(21)7-2-3-8-14/h4-6,9,21H,2-3,7-8H2,1H3,(H,15,20). The van der Waals surface area contributed by atoms with Gasteiger partial charge in [0, 0.05) is 18.3 Å². The van der Waals surface area contributed by atoms with E-state index in [1.807, 2.05) is 12.1 Å². The summed E-state index contributed by atoms with van der Waals surface area (Å²) in [4.78, 5) is 12.2. The molecule has 1 fully saturated rings. The molecule has 1 aromatic carbocycles. The van der Waals surface area contributed by atoms with Crippen molar-refractivity contribution >= 4 is 11.6 Å². The molecule has 0 radical (unpaired) electrons. The van der Waals surface area contributed by atoms with Gasteiger partial charge in [-0.1, -0.05) is 12.1 Å². The van der Waals surface area contributed by atoms with Crippen LogP contribution < -0.4 is 5.32 Å². The van der Waals surface area contributed by atoms with Gasteiger partial charge in [-0.25, -0.2) is 4.68 Å². The Labute approximate surface area is 122 Å². The van der Waals surface area contributed by atoms with Crippen LogP contribution in [0.25, 0.3) is 11.4 Å². The summed E-state index contributed by atoms with van der Waals surface area (Å²) in [6.45, 7) is 0. The summed E-state index contributed by atoms with van der Waals surface area (Å²) in [5.41, 5.74) is 0.196. The molecular formula is C14H17N5O2. The lowest BCUT2D eigenvalue weighted by molar-refractivity contribution is -0.133. The van der Waals surface area contributed by atoms with E-state index in [9.17, 15) is 9.90 Å². The number of aromatic nitrogens is 4. The lowest BCUT2D eigenvalue weighted by Crippen LogP contribution is -2.40. The van der Waals surface area contributed by atoms with Crippen molar-refractivity contribution in [2.75, 3.05) is 5.32 Å². The minimum atomic E-state index is -1.23. The number of rotatable bonds is 3. The predicted octanol–water partition coefficient (Wildman–Crippen LogP) is 1.12. The Kier molecular flexibility index (Phi) is 3.42. The Morgan fingerprint density at radius 3 is 2.81 bits per heavy atom. The highest BCUT2D eigenvalue weighted by molar-refractivity contribution is 5.97. The molecule has 0 saturated heterocycles. The first-order valence-electron chi connectivity index (χ1n) is 6.95. The molecule has 3 rings (SSSR count). The molecule has 1 aromatic heterocycles. The molecule has 110 valence electrons. The summed E-state index contributed by atoms with van der Waals surface area (Å²) in [5.74, 6) is 0.277. The van der Waals surface area contributed by atoms with E-state index in [0.29, 0.717) is 24.4 Å². The van der Waals surface area contributed by atoms with Gasteiger partial charge in [-0.15, -0.1) is 5.10 Å². The second-order valence-electron chi connectivity index (χ2n) is 5.40. The molecule has 1 saturated carbocycles. The summed E-state index contributed by atoms with van der Waals surface area (Å²) in [6, 6.07) is 7.26. The molecule has 2 N–H and O–H groups in total. The van der Waals surface area contributed by atoms with Crippen molar-refractivity contribution in [3.05, 3.63) is 24.3 Å². The first-order valence-corrected chi connectivity index (χ1v) is 6.95. The minimum absolute atomic E-state index is 0.340. The van der Waals surface area contributed by atoms with Crippen LogP contribution in [0, 0.1) is 0 Å². The summed E-state index contributed by atoms with van der Waals surface area (Å²) in [7, 11) is 1.75. The van der Waals surface area contributed by atoms with E-state index in [-0.39, 0.29) is 5.91 Å². The van der Waals surface area contributed by atoms with Gasteiger partial charge in [0.15, 0.2) is 5.82 Å². The Bertz CT molecular complexity index is 661. The molecule has 1 heterocycles. The minimum Gasteiger partial charge on any atom is -0.380 e. The number of benzene rings is 1. The SMILES string of the molecule is Cn1nnnc1-c1cccc(NC(=O)C2(O)CCCC2)c1. The number of hydrogen-bond donors (Lipinski definition) is 2. The van der Waals surface area contributed by atoms with Crippen molar-refractivity contribution in [2.24, 2.45) is 7.05 Å². The number of carbonyl (C=O) groups is 1. The summed E-state index contributed by atoms with van der Waals surface area (Å²) in [6.07, 6.45) is 2.81. The number of nitrogens with zero attached hydrogens (tertiary/aromatic N) is 4. The van der Waals surface area contributed by atoms with Crippen LogP contribution in [0.1, 0.15) is 25.7 Å². The Hall–Kier alpha value is -2.28. The highest BCUT2D eigenvalue weighted by Crippen LogP contribution is 2.31. The zero-order chi connectivity index (χ0) is 14.9. The molecule has 0 aliphatic heterocycles. The van der Waals surface area contributed by atoms with Crippen molar-refractivity contribution in [1.82, 2.24) is 20.2 Å². The van der Waals surface area contributed by atoms with E-state index in [1.165, 1.54) is 0 Å². The maximum Gasteiger partial charge on any atom is 0.256 e. The molecule has 2 aromatic rings. The lowest BCUT2D eigenvalue weighted by atomic mass is 10.0. The van der Waals surface area contributed by atoms with Gasteiger partial charge in [0.1, 0.15) is 5.60 Å². The number of hydrogen-bond acceptors (Lipinski definition) is 5. The zero-order valence-corrected chi connectivity index (χ0v) is 11.8. The third-order valence-corrected chi connectivity index (χ3v) is 3.85. The quantitative estimate of drug-likeness (QED) is 0.882. The van der Waals surface area contributed by atoms with E-state index in [2.05, 4.69) is 20.8 Å². The first-order chi connectivity index (χ1) is 10.1. The van der Waals surface area contributed by atoms with Crippen molar-refractivity contribution in [1.29, 1.82) is 0 Å². The van der Waals surface area contributed by atoms with Gasteiger partial charge >= 0.3 is 0 Å². The number of amides is 1. The van der Waals surface area contributed by atoms with E-state index in [0.717, 1.165) is 18.4 Å². The Balaban J connectivity index is 1.81. The highest BCUT2D eigenvalue weighted by atomic mass is 16.3. The topological polar surface area (TPSA) is 92.9 Å². The van der Waals surface area contributed by atoms with Gasteiger partial charge in [-0.05, 0) is 48.2 Å². The van der Waals surface area contributed by atoms with Crippen LogP contribution in [0.2, 0.25) is 0 Å². The summed E-state index contributed by atoms with van der Waals surface area (Å²) >= 11 is 0. The molecular weight excluding hydrogens is 270 g/mol. The molecule has 1 aliphatic carbocycles. The average molecular weight is 287 g/mol. The number of carbonyl (C=O) groups excluding carboxylic acids is 1. The van der Waals surface area contributed by atoms with Crippen LogP contribution in [0.3, 0.4) is 0 Å². The normalized spacial score (nSPS) is 16.9. The van der Waals surface area contributed by atoms with Crippen LogP contribution in [0.5, 0.6) is 0 Å². The fourth-order valence-electron chi connectivity index (χ4n) is 2.64.